The quantitative estimate of drug-likeness (QED) is 0.407. The summed E-state index contributed by atoms with van der Waals surface area (Å²) in [5.74, 6) is 0.380. The van der Waals surface area contributed by atoms with E-state index in [1.165, 1.54) is 17.2 Å². The number of nitrogens with zero attached hydrogens (tertiary/aromatic N) is 2. The molecule has 36 heavy (non-hydrogen) atoms. The first-order valence-corrected chi connectivity index (χ1v) is 13.0. The number of carbonyl (C=O) groups excluding carboxylic acids is 1. The molecule has 1 N–H and O–H groups in total. The van der Waals surface area contributed by atoms with Gasteiger partial charge in [-0.05, 0) is 28.8 Å². The van der Waals surface area contributed by atoms with Gasteiger partial charge < -0.3 is 15.4 Å². The molecule has 4 rings (SSSR count). The fraction of sp³-hybridized carbons (Fsp3) is 0.214. The van der Waals surface area contributed by atoms with Crippen LogP contribution in [0, 0.1) is 0 Å². The molecule has 0 spiro atoms. The van der Waals surface area contributed by atoms with Crippen molar-refractivity contribution in [2.24, 2.45) is 0 Å². The molecule has 0 fully saturated rings. The molecule has 0 amide bonds. The summed E-state index contributed by atoms with van der Waals surface area (Å²) < 4.78 is 28.4. The molecule has 0 heterocycles. The maximum atomic E-state index is 11.8. The Kier molecular flexibility index (Phi) is 8.05. The van der Waals surface area contributed by atoms with Crippen molar-refractivity contribution in [3.8, 4) is 5.75 Å². The molecular formula is C28H28N2O5S. The minimum atomic E-state index is -3.49. The predicted octanol–water partition coefficient (Wildman–Crippen LogP) is 4.45. The van der Waals surface area contributed by atoms with E-state index in [4.69, 9.17) is 15.4 Å². The zero-order valence-electron chi connectivity index (χ0n) is 20.6. The number of carbonyl (C=O) groups is 1. The van der Waals surface area contributed by atoms with Gasteiger partial charge >= 0.3 is 5.71 Å². The average molecular weight is 505 g/mol. The SMILES string of the molecule is COc1ccc(C(C)(C)c2ccc(CO)cc2)cc1.CS(=O)(=O)C1=CC(=[N+]=[N-])C(=O)c2ccccc21. The van der Waals surface area contributed by atoms with E-state index in [1.807, 2.05) is 24.3 Å². The van der Waals surface area contributed by atoms with Crippen molar-refractivity contribution in [3.63, 3.8) is 0 Å². The number of methoxy groups -OCH3 is 1. The number of aliphatic hydroxyl groups excluding tert-OH is 1. The fourth-order valence-electron chi connectivity index (χ4n) is 3.88. The van der Waals surface area contributed by atoms with Crippen LogP contribution >= 0.6 is 0 Å². The van der Waals surface area contributed by atoms with Crippen LogP contribution < -0.4 is 4.74 Å². The number of hydrogen-bond acceptors (Lipinski definition) is 5. The minimum absolute atomic E-state index is 0.0134. The predicted molar refractivity (Wildman–Crippen MR) is 140 cm³/mol. The van der Waals surface area contributed by atoms with Gasteiger partial charge in [-0.3, -0.25) is 4.79 Å². The van der Waals surface area contributed by atoms with Gasteiger partial charge in [0.2, 0.25) is 0 Å². The van der Waals surface area contributed by atoms with Crippen LogP contribution in [-0.2, 0) is 21.9 Å². The first-order valence-electron chi connectivity index (χ1n) is 11.2. The molecule has 3 aromatic carbocycles. The summed E-state index contributed by atoms with van der Waals surface area (Å²) in [5.41, 5.74) is 12.3. The normalized spacial score (nSPS) is 13.1. The highest BCUT2D eigenvalue weighted by Crippen LogP contribution is 2.32. The van der Waals surface area contributed by atoms with Crippen LogP contribution in [0.15, 0.2) is 78.9 Å². The molecule has 0 aliphatic heterocycles. The molecule has 0 saturated heterocycles. The number of sulfone groups is 1. The maximum absolute atomic E-state index is 11.8. The third-order valence-electron chi connectivity index (χ3n) is 6.11. The van der Waals surface area contributed by atoms with Crippen molar-refractivity contribution < 1.29 is 27.8 Å². The number of aliphatic hydroxyl groups is 1. The van der Waals surface area contributed by atoms with Gasteiger partial charge in [-0.25, -0.2) is 8.42 Å². The van der Waals surface area contributed by atoms with Crippen molar-refractivity contribution in [2.75, 3.05) is 13.4 Å². The number of allylic oxidation sites excluding steroid dienone is 1. The van der Waals surface area contributed by atoms with Gasteiger partial charge in [0.15, 0.2) is 9.84 Å². The third kappa shape index (κ3) is 5.69. The Labute approximate surface area is 211 Å². The molecular weight excluding hydrogens is 476 g/mol. The van der Waals surface area contributed by atoms with E-state index in [0.717, 1.165) is 23.6 Å². The lowest BCUT2D eigenvalue weighted by molar-refractivity contribution is -0.00437. The Morgan fingerprint density at radius 3 is 1.92 bits per heavy atom. The third-order valence-corrected chi connectivity index (χ3v) is 7.25. The summed E-state index contributed by atoms with van der Waals surface area (Å²) in [6.45, 7) is 4.48. The van der Waals surface area contributed by atoms with Gasteiger partial charge in [0.25, 0.3) is 5.78 Å². The summed E-state index contributed by atoms with van der Waals surface area (Å²) in [4.78, 5) is 14.6. The van der Waals surface area contributed by atoms with E-state index < -0.39 is 15.6 Å². The van der Waals surface area contributed by atoms with Crippen LogP contribution in [0.1, 0.15) is 46.5 Å². The topological polar surface area (TPSA) is 117 Å². The van der Waals surface area contributed by atoms with Gasteiger partial charge in [0, 0.05) is 22.8 Å². The van der Waals surface area contributed by atoms with Crippen LogP contribution in [0.25, 0.3) is 10.4 Å². The number of rotatable bonds is 5. The van der Waals surface area contributed by atoms with Crippen molar-refractivity contribution in [1.29, 1.82) is 0 Å². The molecule has 0 radical (unpaired) electrons. The number of benzene rings is 3. The molecule has 7 nitrogen and oxygen atoms in total. The maximum Gasteiger partial charge on any atom is 0.364 e. The second-order valence-electron chi connectivity index (χ2n) is 8.85. The largest absolute Gasteiger partial charge is 0.497 e. The smallest absolute Gasteiger partial charge is 0.364 e. The Balaban J connectivity index is 0.000000202. The van der Waals surface area contributed by atoms with Gasteiger partial charge in [0.1, 0.15) is 5.75 Å². The minimum Gasteiger partial charge on any atom is -0.497 e. The summed E-state index contributed by atoms with van der Waals surface area (Å²) in [6, 6.07) is 22.6. The van der Waals surface area contributed by atoms with E-state index in [2.05, 4.69) is 42.9 Å². The molecule has 0 aromatic heterocycles. The van der Waals surface area contributed by atoms with Crippen LogP contribution in [0.2, 0.25) is 0 Å². The van der Waals surface area contributed by atoms with E-state index in [0.29, 0.717) is 5.56 Å². The molecule has 0 bridgehead atoms. The highest BCUT2D eigenvalue weighted by molar-refractivity contribution is 8.00. The summed E-state index contributed by atoms with van der Waals surface area (Å²) in [7, 11) is -1.81. The van der Waals surface area contributed by atoms with Crippen molar-refractivity contribution >= 4 is 26.2 Å². The summed E-state index contributed by atoms with van der Waals surface area (Å²) in [5, 5.41) is 9.09. The van der Waals surface area contributed by atoms with Gasteiger partial charge in [-0.1, -0.05) is 74.5 Å². The van der Waals surface area contributed by atoms with E-state index in [9.17, 15) is 13.2 Å². The number of Topliss-reactive ketones (excluding diaryl/α,β-unsaturated/α-hetero) is 1. The van der Waals surface area contributed by atoms with Crippen LogP contribution in [0.3, 0.4) is 0 Å². The Morgan fingerprint density at radius 1 is 0.917 bits per heavy atom. The second kappa shape index (κ2) is 10.8. The van der Waals surface area contributed by atoms with Crippen molar-refractivity contribution in [3.05, 3.63) is 112 Å². The summed E-state index contributed by atoms with van der Waals surface area (Å²) >= 11 is 0. The van der Waals surface area contributed by atoms with Crippen molar-refractivity contribution in [2.45, 2.75) is 25.9 Å². The standard InChI is InChI=1S/C17H20O2.C11H8N2O3S/c1-17(2,14-6-4-13(12-18)5-7-14)15-8-10-16(19-3)11-9-15;1-17(15,16)10-6-9(13-12)11(14)8-5-3-2-4-7(8)10/h4-11,18H,12H2,1-3H3;2-6H,1H3. The molecule has 1 aliphatic rings. The van der Waals surface area contributed by atoms with Crippen LogP contribution in [-0.4, -0.2) is 43.2 Å². The number of ketones is 1. The Hall–Kier alpha value is -3.84. The number of ether oxygens (including phenoxy) is 1. The van der Waals surface area contributed by atoms with Gasteiger partial charge in [0.05, 0.1) is 24.7 Å². The summed E-state index contributed by atoms with van der Waals surface area (Å²) in [6.07, 6.45) is 2.13. The highest BCUT2D eigenvalue weighted by atomic mass is 32.2. The van der Waals surface area contributed by atoms with Crippen molar-refractivity contribution in [1.82, 2.24) is 0 Å². The average Bonchev–Trinajstić information content (AvgIpc) is 2.89. The van der Waals surface area contributed by atoms with E-state index >= 15 is 0 Å². The first-order chi connectivity index (χ1) is 17.0. The lowest BCUT2D eigenvalue weighted by atomic mass is 9.78. The monoisotopic (exact) mass is 504 g/mol. The first kappa shape index (κ1) is 26.8. The van der Waals surface area contributed by atoms with E-state index in [-0.39, 0.29) is 28.2 Å². The number of fused-ring (bicyclic) bond motifs is 1. The fourth-order valence-corrected chi connectivity index (χ4v) is 4.79. The number of hydrogen-bond donors (Lipinski definition) is 1. The molecule has 0 atom stereocenters. The highest BCUT2D eigenvalue weighted by Gasteiger charge is 2.33. The lowest BCUT2D eigenvalue weighted by Gasteiger charge is -2.26. The molecule has 1 aliphatic carbocycles. The molecule has 0 unspecified atom stereocenters. The van der Waals surface area contributed by atoms with Crippen LogP contribution in [0.5, 0.6) is 5.75 Å². The van der Waals surface area contributed by atoms with E-state index in [1.54, 1.807) is 25.3 Å². The van der Waals surface area contributed by atoms with Gasteiger partial charge in [-0.2, -0.15) is 4.79 Å². The lowest BCUT2D eigenvalue weighted by Crippen LogP contribution is -2.22. The van der Waals surface area contributed by atoms with Gasteiger partial charge in [-0.15, -0.1) is 0 Å². The molecule has 3 aromatic rings. The molecule has 0 saturated carbocycles. The second-order valence-corrected chi connectivity index (χ2v) is 10.8. The Bertz CT molecular complexity index is 1400. The zero-order valence-corrected chi connectivity index (χ0v) is 21.4. The van der Waals surface area contributed by atoms with Crippen LogP contribution in [0.4, 0.5) is 0 Å². The molecule has 8 heteroatoms. The molecule has 186 valence electrons. The zero-order chi connectivity index (χ0) is 26.5. The Morgan fingerprint density at radius 2 is 1.44 bits per heavy atom.